The summed E-state index contributed by atoms with van der Waals surface area (Å²) >= 11 is 5.99. The highest BCUT2D eigenvalue weighted by Crippen LogP contribution is 2.21. The lowest BCUT2D eigenvalue weighted by Gasteiger charge is -2.18. The van der Waals surface area contributed by atoms with Crippen molar-refractivity contribution in [3.05, 3.63) is 53.1 Å². The number of carbonyl (C=O) groups is 1. The molecule has 8 heteroatoms. The summed E-state index contributed by atoms with van der Waals surface area (Å²) in [5.74, 6) is 1.12. The highest BCUT2D eigenvalue weighted by molar-refractivity contribution is 6.31. The van der Waals surface area contributed by atoms with E-state index < -0.39 is 0 Å². The number of benzene rings is 1. The van der Waals surface area contributed by atoms with Gasteiger partial charge in [0.25, 0.3) is 5.89 Å². The number of furan rings is 1. The second-order valence-corrected chi connectivity index (χ2v) is 6.23. The molecule has 0 bridgehead atoms. The Hall–Kier alpha value is -2.64. The van der Waals surface area contributed by atoms with Crippen LogP contribution in [0, 0.1) is 6.92 Å². The van der Waals surface area contributed by atoms with Gasteiger partial charge in [-0.25, -0.2) is 0 Å². The molecular weight excluding hydrogens is 356 g/mol. The highest BCUT2D eigenvalue weighted by atomic mass is 35.5. The Morgan fingerprint density at radius 1 is 1.31 bits per heavy atom. The highest BCUT2D eigenvalue weighted by Gasteiger charge is 2.16. The van der Waals surface area contributed by atoms with E-state index in [1.807, 2.05) is 24.8 Å². The van der Waals surface area contributed by atoms with Crippen LogP contribution in [0.2, 0.25) is 5.02 Å². The third kappa shape index (κ3) is 4.50. The van der Waals surface area contributed by atoms with Gasteiger partial charge in [0.15, 0.2) is 5.76 Å². The molecule has 0 unspecified atom stereocenters. The minimum atomic E-state index is -0.136. The first-order valence-corrected chi connectivity index (χ1v) is 8.57. The van der Waals surface area contributed by atoms with Crippen LogP contribution < -0.4 is 5.32 Å². The molecule has 0 aliphatic rings. The maximum absolute atomic E-state index is 12.3. The van der Waals surface area contributed by atoms with Crippen LogP contribution in [0.15, 0.2) is 45.4 Å². The van der Waals surface area contributed by atoms with Gasteiger partial charge >= 0.3 is 0 Å². The fraction of sp³-hybridized carbons (Fsp3) is 0.278. The van der Waals surface area contributed by atoms with E-state index in [0.717, 1.165) is 5.56 Å². The summed E-state index contributed by atoms with van der Waals surface area (Å²) in [6.45, 7) is 5.09. The van der Waals surface area contributed by atoms with Gasteiger partial charge in [-0.05, 0) is 43.3 Å². The molecule has 136 valence electrons. The lowest BCUT2D eigenvalue weighted by molar-refractivity contribution is -0.117. The number of aryl methyl sites for hydroxylation is 1. The number of rotatable bonds is 7. The number of nitrogens with zero attached hydrogens (tertiary/aromatic N) is 3. The molecule has 0 aliphatic heterocycles. The molecule has 0 saturated heterocycles. The number of hydrogen-bond acceptors (Lipinski definition) is 6. The van der Waals surface area contributed by atoms with E-state index in [9.17, 15) is 4.79 Å². The Kier molecular flexibility index (Phi) is 5.70. The summed E-state index contributed by atoms with van der Waals surface area (Å²) in [5, 5.41) is 11.4. The third-order valence-electron chi connectivity index (χ3n) is 3.85. The van der Waals surface area contributed by atoms with Crippen LogP contribution in [0.1, 0.15) is 18.4 Å². The summed E-state index contributed by atoms with van der Waals surface area (Å²) in [6.07, 6.45) is 1.54. The van der Waals surface area contributed by atoms with Crippen molar-refractivity contribution >= 4 is 23.2 Å². The van der Waals surface area contributed by atoms with Gasteiger partial charge in [0.1, 0.15) is 0 Å². The fourth-order valence-electron chi connectivity index (χ4n) is 2.41. The quantitative estimate of drug-likeness (QED) is 0.678. The number of halogens is 1. The van der Waals surface area contributed by atoms with Crippen molar-refractivity contribution < 1.29 is 13.6 Å². The van der Waals surface area contributed by atoms with Gasteiger partial charge in [0.2, 0.25) is 11.8 Å². The lowest BCUT2D eigenvalue weighted by Crippen LogP contribution is -2.33. The van der Waals surface area contributed by atoms with E-state index in [1.165, 1.54) is 0 Å². The smallest absolute Gasteiger partial charge is 0.283 e. The number of amides is 1. The Morgan fingerprint density at radius 2 is 2.15 bits per heavy atom. The van der Waals surface area contributed by atoms with Crippen LogP contribution in [0.4, 0.5) is 5.69 Å². The topological polar surface area (TPSA) is 84.4 Å². The fourth-order valence-corrected chi connectivity index (χ4v) is 2.58. The molecule has 2 aromatic heterocycles. The van der Waals surface area contributed by atoms with Crippen LogP contribution >= 0.6 is 11.6 Å². The van der Waals surface area contributed by atoms with E-state index in [1.54, 1.807) is 30.5 Å². The van der Waals surface area contributed by atoms with Gasteiger partial charge < -0.3 is 14.2 Å². The van der Waals surface area contributed by atoms with E-state index in [4.69, 9.17) is 20.4 Å². The lowest BCUT2D eigenvalue weighted by atomic mass is 10.2. The number of anilines is 1. The van der Waals surface area contributed by atoms with Crippen LogP contribution in [-0.2, 0) is 11.3 Å². The average molecular weight is 375 g/mol. The van der Waals surface area contributed by atoms with Gasteiger partial charge in [0, 0.05) is 10.7 Å². The van der Waals surface area contributed by atoms with E-state index in [-0.39, 0.29) is 12.5 Å². The molecule has 3 aromatic rings. The first-order valence-electron chi connectivity index (χ1n) is 8.19. The van der Waals surface area contributed by atoms with Crippen LogP contribution in [0.5, 0.6) is 0 Å². The summed E-state index contributed by atoms with van der Waals surface area (Å²) in [5.41, 5.74) is 1.65. The maximum Gasteiger partial charge on any atom is 0.283 e. The summed E-state index contributed by atoms with van der Waals surface area (Å²) in [6, 6.07) is 8.88. The second kappa shape index (κ2) is 8.16. The molecule has 0 spiro atoms. The van der Waals surface area contributed by atoms with Crippen LogP contribution in [0.25, 0.3) is 11.7 Å². The third-order valence-corrected chi connectivity index (χ3v) is 4.08. The van der Waals surface area contributed by atoms with Gasteiger partial charge in [0.05, 0.1) is 19.4 Å². The van der Waals surface area contributed by atoms with Crippen molar-refractivity contribution in [3.8, 4) is 11.7 Å². The summed E-state index contributed by atoms with van der Waals surface area (Å²) < 4.78 is 10.8. The van der Waals surface area contributed by atoms with Crippen molar-refractivity contribution in [3.63, 3.8) is 0 Å². The number of nitrogens with one attached hydrogen (secondary N) is 1. The molecule has 7 nitrogen and oxygen atoms in total. The van der Waals surface area contributed by atoms with Crippen molar-refractivity contribution in [2.45, 2.75) is 20.4 Å². The zero-order valence-electron chi connectivity index (χ0n) is 14.5. The van der Waals surface area contributed by atoms with Crippen molar-refractivity contribution in [2.24, 2.45) is 0 Å². The molecule has 1 N–H and O–H groups in total. The number of likely N-dealkylation sites (N-methyl/N-ethyl adjacent to an activating group) is 1. The standard InChI is InChI=1S/C18H19ClN4O3/c1-3-23(10-16(24)20-14-9-13(19)7-6-12(14)2)11-17-21-22-18(26-17)15-5-4-8-25-15/h4-9H,3,10-11H2,1-2H3,(H,20,24). The Labute approximate surface area is 156 Å². The summed E-state index contributed by atoms with van der Waals surface area (Å²) in [4.78, 5) is 14.2. The predicted molar refractivity (Wildman–Crippen MR) is 97.8 cm³/mol. The molecule has 1 amide bonds. The maximum atomic E-state index is 12.3. The number of aromatic nitrogens is 2. The molecule has 0 saturated carbocycles. The molecule has 3 rings (SSSR count). The molecule has 0 fully saturated rings. The van der Waals surface area contributed by atoms with Crippen molar-refractivity contribution in [2.75, 3.05) is 18.4 Å². The zero-order chi connectivity index (χ0) is 18.5. The van der Waals surface area contributed by atoms with E-state index in [0.29, 0.717) is 41.3 Å². The van der Waals surface area contributed by atoms with Crippen molar-refractivity contribution in [1.29, 1.82) is 0 Å². The molecule has 0 atom stereocenters. The van der Waals surface area contributed by atoms with Gasteiger partial charge in [-0.15, -0.1) is 10.2 Å². The van der Waals surface area contributed by atoms with E-state index >= 15 is 0 Å². The largest absolute Gasteiger partial charge is 0.459 e. The van der Waals surface area contributed by atoms with Crippen LogP contribution in [-0.4, -0.2) is 34.1 Å². The number of carbonyl (C=O) groups excluding carboxylic acids is 1. The molecule has 1 aromatic carbocycles. The molecular formula is C18H19ClN4O3. The monoisotopic (exact) mass is 374 g/mol. The zero-order valence-corrected chi connectivity index (χ0v) is 15.3. The molecule has 0 aliphatic carbocycles. The van der Waals surface area contributed by atoms with Gasteiger partial charge in [-0.3, -0.25) is 9.69 Å². The first kappa shape index (κ1) is 18.2. The first-order chi connectivity index (χ1) is 12.5. The van der Waals surface area contributed by atoms with Gasteiger partial charge in [-0.2, -0.15) is 0 Å². The molecule has 2 heterocycles. The molecule has 26 heavy (non-hydrogen) atoms. The normalized spacial score (nSPS) is 11.1. The Balaban J connectivity index is 1.60. The minimum absolute atomic E-state index is 0.136. The van der Waals surface area contributed by atoms with E-state index in [2.05, 4.69) is 15.5 Å². The average Bonchev–Trinajstić information content (AvgIpc) is 3.28. The van der Waals surface area contributed by atoms with Gasteiger partial charge in [-0.1, -0.05) is 24.6 Å². The number of hydrogen-bond donors (Lipinski definition) is 1. The van der Waals surface area contributed by atoms with Crippen molar-refractivity contribution in [1.82, 2.24) is 15.1 Å². The molecule has 0 radical (unpaired) electrons. The Bertz CT molecular complexity index is 876. The predicted octanol–water partition coefficient (Wildman–Crippen LogP) is 3.75. The SMILES string of the molecule is CCN(CC(=O)Nc1cc(Cl)ccc1C)Cc1nnc(-c2ccco2)o1. The summed E-state index contributed by atoms with van der Waals surface area (Å²) in [7, 11) is 0. The minimum Gasteiger partial charge on any atom is -0.459 e. The van der Waals surface area contributed by atoms with Crippen LogP contribution in [0.3, 0.4) is 0 Å². The second-order valence-electron chi connectivity index (χ2n) is 5.79. The Morgan fingerprint density at radius 3 is 2.88 bits per heavy atom.